The van der Waals surface area contributed by atoms with Crippen molar-refractivity contribution in [2.24, 2.45) is 0 Å². The Hall–Kier alpha value is -2.27. The maximum atomic E-state index is 11.0. The zero-order chi connectivity index (χ0) is 13.0. The molecule has 2 aromatic rings. The van der Waals surface area contributed by atoms with Crippen molar-refractivity contribution in [2.75, 3.05) is 10.5 Å². The number of halogens is 1. The SMILES string of the molecule is O=[N+]([O-])N(Nc1ccc(Cl)cc1)c1ccccc1. The highest BCUT2D eigenvalue weighted by Crippen LogP contribution is 2.18. The van der Waals surface area contributed by atoms with Crippen LogP contribution >= 0.6 is 11.6 Å². The van der Waals surface area contributed by atoms with E-state index in [1.165, 1.54) is 0 Å². The van der Waals surface area contributed by atoms with Gasteiger partial charge in [-0.2, -0.15) is 0 Å². The summed E-state index contributed by atoms with van der Waals surface area (Å²) in [6.07, 6.45) is 0. The molecule has 6 heteroatoms. The molecule has 0 saturated heterocycles. The number of anilines is 2. The smallest absolute Gasteiger partial charge is 0.186 e. The first kappa shape index (κ1) is 12.2. The van der Waals surface area contributed by atoms with E-state index in [1.54, 1.807) is 54.6 Å². The lowest BCUT2D eigenvalue weighted by atomic mass is 10.3. The number of hydrogen-bond donors (Lipinski definition) is 1. The number of para-hydroxylation sites is 1. The zero-order valence-electron chi connectivity index (χ0n) is 9.29. The number of benzene rings is 2. The van der Waals surface area contributed by atoms with Crippen molar-refractivity contribution in [1.29, 1.82) is 0 Å². The van der Waals surface area contributed by atoms with Crippen LogP contribution in [0.5, 0.6) is 0 Å². The Balaban J connectivity index is 2.22. The Morgan fingerprint density at radius 3 is 2.22 bits per heavy atom. The average Bonchev–Trinajstić information content (AvgIpc) is 2.38. The quantitative estimate of drug-likeness (QED) is 0.679. The van der Waals surface area contributed by atoms with Crippen LogP contribution in [0.15, 0.2) is 54.6 Å². The summed E-state index contributed by atoms with van der Waals surface area (Å²) < 4.78 is 0. The van der Waals surface area contributed by atoms with Gasteiger partial charge in [-0.3, -0.25) is 0 Å². The van der Waals surface area contributed by atoms with Crippen molar-refractivity contribution in [1.82, 2.24) is 0 Å². The monoisotopic (exact) mass is 263 g/mol. The predicted molar refractivity (Wildman–Crippen MR) is 71.0 cm³/mol. The second kappa shape index (κ2) is 5.37. The van der Waals surface area contributed by atoms with Crippen LogP contribution in [0, 0.1) is 10.1 Å². The van der Waals surface area contributed by atoms with Crippen LogP contribution in [0.3, 0.4) is 0 Å². The van der Waals surface area contributed by atoms with E-state index < -0.39 is 5.03 Å². The van der Waals surface area contributed by atoms with Crippen LogP contribution in [0.2, 0.25) is 5.02 Å². The van der Waals surface area contributed by atoms with E-state index in [9.17, 15) is 10.1 Å². The first-order valence-electron chi connectivity index (χ1n) is 5.18. The molecule has 0 aromatic heterocycles. The summed E-state index contributed by atoms with van der Waals surface area (Å²) in [6.45, 7) is 0. The van der Waals surface area contributed by atoms with E-state index in [4.69, 9.17) is 11.6 Å². The van der Waals surface area contributed by atoms with Crippen LogP contribution in [-0.2, 0) is 0 Å². The van der Waals surface area contributed by atoms with Crippen LogP contribution in [0.1, 0.15) is 0 Å². The molecule has 1 N–H and O–H groups in total. The maximum Gasteiger partial charge on any atom is 0.186 e. The predicted octanol–water partition coefficient (Wildman–Crippen LogP) is 3.37. The minimum Gasteiger partial charge on any atom is -0.241 e. The van der Waals surface area contributed by atoms with Gasteiger partial charge in [-0.05, 0) is 36.4 Å². The van der Waals surface area contributed by atoms with Gasteiger partial charge >= 0.3 is 0 Å². The molecule has 92 valence electrons. The van der Waals surface area contributed by atoms with Crippen molar-refractivity contribution in [2.45, 2.75) is 0 Å². The molecule has 2 aromatic carbocycles. The third-order valence-corrected chi connectivity index (χ3v) is 2.50. The van der Waals surface area contributed by atoms with E-state index >= 15 is 0 Å². The number of hydrogen-bond acceptors (Lipinski definition) is 3. The van der Waals surface area contributed by atoms with Gasteiger partial charge in [0.15, 0.2) is 5.03 Å². The molecule has 0 radical (unpaired) electrons. The highest BCUT2D eigenvalue weighted by molar-refractivity contribution is 6.30. The Morgan fingerprint density at radius 1 is 1.06 bits per heavy atom. The number of nitrogens with one attached hydrogen (secondary N) is 1. The van der Waals surface area contributed by atoms with Gasteiger partial charge in [0, 0.05) is 10.1 Å². The molecule has 0 bridgehead atoms. The standard InChI is InChI=1S/C12H10ClN3O2/c13-10-6-8-11(9-7-10)14-15(16(17)18)12-4-2-1-3-5-12/h1-9,14H. The first-order valence-corrected chi connectivity index (χ1v) is 5.56. The fourth-order valence-corrected chi connectivity index (χ4v) is 1.54. The average molecular weight is 264 g/mol. The summed E-state index contributed by atoms with van der Waals surface area (Å²) in [6, 6.07) is 15.2. The van der Waals surface area contributed by atoms with Gasteiger partial charge in [-0.1, -0.05) is 29.8 Å². The van der Waals surface area contributed by atoms with Gasteiger partial charge in [0.1, 0.15) is 5.69 Å². The molecule has 0 saturated carbocycles. The van der Waals surface area contributed by atoms with Gasteiger partial charge in [0.2, 0.25) is 0 Å². The molecule has 0 fully saturated rings. The fraction of sp³-hybridized carbons (Fsp3) is 0. The summed E-state index contributed by atoms with van der Waals surface area (Å²) in [5.41, 5.74) is 3.72. The zero-order valence-corrected chi connectivity index (χ0v) is 10.0. The molecule has 0 aliphatic heterocycles. The van der Waals surface area contributed by atoms with Crippen LogP contribution < -0.4 is 10.5 Å². The molecule has 0 unspecified atom stereocenters. The lowest BCUT2D eigenvalue weighted by Crippen LogP contribution is -2.35. The molecule has 0 spiro atoms. The van der Waals surface area contributed by atoms with E-state index in [2.05, 4.69) is 5.43 Å². The van der Waals surface area contributed by atoms with Crippen molar-refractivity contribution < 1.29 is 5.03 Å². The van der Waals surface area contributed by atoms with Gasteiger partial charge in [-0.25, -0.2) is 15.5 Å². The normalized spacial score (nSPS) is 9.83. The number of nitro groups is 1. The fourth-order valence-electron chi connectivity index (χ4n) is 1.42. The molecule has 0 aliphatic carbocycles. The molecule has 5 nitrogen and oxygen atoms in total. The van der Waals surface area contributed by atoms with Gasteiger partial charge in [0.05, 0.1) is 5.69 Å². The molecular weight excluding hydrogens is 254 g/mol. The maximum absolute atomic E-state index is 11.0. The highest BCUT2D eigenvalue weighted by Gasteiger charge is 2.16. The van der Waals surface area contributed by atoms with Crippen molar-refractivity contribution in [3.05, 3.63) is 69.7 Å². The number of hydrazine groups is 2. The largest absolute Gasteiger partial charge is 0.241 e. The molecule has 0 aliphatic rings. The summed E-state index contributed by atoms with van der Waals surface area (Å²) in [5, 5.41) is 11.9. The van der Waals surface area contributed by atoms with Crippen molar-refractivity contribution in [3.8, 4) is 0 Å². The highest BCUT2D eigenvalue weighted by atomic mass is 35.5. The van der Waals surface area contributed by atoms with Gasteiger partial charge in [0.25, 0.3) is 0 Å². The Bertz CT molecular complexity index is 531. The van der Waals surface area contributed by atoms with Crippen molar-refractivity contribution >= 4 is 23.0 Å². The summed E-state index contributed by atoms with van der Waals surface area (Å²) in [7, 11) is 0. The molecule has 0 amide bonds. The van der Waals surface area contributed by atoms with Gasteiger partial charge < -0.3 is 0 Å². The summed E-state index contributed by atoms with van der Waals surface area (Å²) in [5.74, 6) is 0. The lowest BCUT2D eigenvalue weighted by molar-refractivity contribution is -0.490. The second-order valence-electron chi connectivity index (χ2n) is 3.50. The van der Waals surface area contributed by atoms with E-state index in [-0.39, 0.29) is 0 Å². The number of rotatable bonds is 4. The van der Waals surface area contributed by atoms with E-state index in [0.29, 0.717) is 16.4 Å². The topological polar surface area (TPSA) is 58.4 Å². The van der Waals surface area contributed by atoms with E-state index in [1.807, 2.05) is 0 Å². The van der Waals surface area contributed by atoms with Gasteiger partial charge in [-0.15, -0.1) is 0 Å². The first-order chi connectivity index (χ1) is 8.66. The molecule has 0 heterocycles. The minimum absolute atomic E-state index is 0.442. The van der Waals surface area contributed by atoms with Crippen LogP contribution in [-0.4, -0.2) is 5.03 Å². The summed E-state index contributed by atoms with van der Waals surface area (Å²) >= 11 is 5.75. The molecule has 2 rings (SSSR count). The third kappa shape index (κ3) is 2.89. The van der Waals surface area contributed by atoms with Crippen LogP contribution in [0.4, 0.5) is 11.4 Å². The summed E-state index contributed by atoms with van der Waals surface area (Å²) in [4.78, 5) is 11.0. The van der Waals surface area contributed by atoms with E-state index in [0.717, 1.165) is 5.12 Å². The third-order valence-electron chi connectivity index (χ3n) is 2.24. The lowest BCUT2D eigenvalue weighted by Gasteiger charge is -2.15. The second-order valence-corrected chi connectivity index (χ2v) is 3.94. The number of nitrogens with zero attached hydrogens (tertiary/aromatic N) is 2. The molecular formula is C12H10ClN3O2. The minimum atomic E-state index is -0.524. The Kier molecular flexibility index (Phi) is 3.64. The molecule has 0 atom stereocenters. The Labute approximate surface area is 109 Å². The van der Waals surface area contributed by atoms with Crippen molar-refractivity contribution in [3.63, 3.8) is 0 Å². The Morgan fingerprint density at radius 2 is 1.67 bits per heavy atom. The molecule has 18 heavy (non-hydrogen) atoms. The van der Waals surface area contributed by atoms with Crippen LogP contribution in [0.25, 0.3) is 0 Å².